The number of allylic oxidation sites excluding steroid dienone is 19. The van der Waals surface area contributed by atoms with Crippen molar-refractivity contribution in [2.24, 2.45) is 0 Å². The summed E-state index contributed by atoms with van der Waals surface area (Å²) in [5.41, 5.74) is 0. The Morgan fingerprint density at radius 1 is 0.324 bits per heavy atom. The highest BCUT2D eigenvalue weighted by atomic mass is 16.6. The summed E-state index contributed by atoms with van der Waals surface area (Å²) >= 11 is 0. The summed E-state index contributed by atoms with van der Waals surface area (Å²) in [6, 6.07) is 0. The number of carbonyl (C=O) groups excluding carboxylic acids is 3. The van der Waals surface area contributed by atoms with Crippen LogP contribution in [0.1, 0.15) is 233 Å². The molecule has 0 N–H and O–H groups in total. The van der Waals surface area contributed by atoms with Gasteiger partial charge in [0.2, 0.25) is 0 Å². The Morgan fingerprint density at radius 2 is 0.618 bits per heavy atom. The maximum absolute atomic E-state index is 12.7. The largest absolute Gasteiger partial charge is 0.462 e. The fourth-order valence-electron chi connectivity index (χ4n) is 7.19. The van der Waals surface area contributed by atoms with Crippen molar-refractivity contribution in [1.29, 1.82) is 0 Å². The van der Waals surface area contributed by atoms with Crippen LogP contribution in [-0.4, -0.2) is 37.2 Å². The molecule has 0 spiro atoms. The topological polar surface area (TPSA) is 78.9 Å². The second-order valence-electron chi connectivity index (χ2n) is 17.8. The maximum Gasteiger partial charge on any atom is 0.310 e. The fraction of sp³-hybridized carbons (Fsp3) is 0.629. The van der Waals surface area contributed by atoms with Crippen molar-refractivity contribution in [1.82, 2.24) is 0 Å². The van der Waals surface area contributed by atoms with Crippen LogP contribution in [0.25, 0.3) is 0 Å². The highest BCUT2D eigenvalue weighted by Gasteiger charge is 2.19. The van der Waals surface area contributed by atoms with Gasteiger partial charge in [-0.3, -0.25) is 14.4 Å². The summed E-state index contributed by atoms with van der Waals surface area (Å²) in [5, 5.41) is 0. The molecule has 0 saturated heterocycles. The van der Waals surface area contributed by atoms with Gasteiger partial charge >= 0.3 is 17.9 Å². The molecule has 6 nitrogen and oxygen atoms in total. The lowest BCUT2D eigenvalue weighted by atomic mass is 10.0. The van der Waals surface area contributed by atoms with Gasteiger partial charge in [0.15, 0.2) is 6.10 Å². The smallest absolute Gasteiger partial charge is 0.310 e. The molecule has 1 atom stereocenters. The molecule has 384 valence electrons. The third kappa shape index (κ3) is 52.8. The Morgan fingerprint density at radius 3 is 0.971 bits per heavy atom. The number of carbonyl (C=O) groups is 3. The fourth-order valence-corrected chi connectivity index (χ4v) is 7.19. The average Bonchev–Trinajstić information content (AvgIpc) is 3.34. The van der Waals surface area contributed by atoms with Gasteiger partial charge in [0.1, 0.15) is 13.2 Å². The van der Waals surface area contributed by atoms with Crippen molar-refractivity contribution in [3.8, 4) is 0 Å². The summed E-state index contributed by atoms with van der Waals surface area (Å²) in [6.07, 6.45) is 76.8. The van der Waals surface area contributed by atoms with Crippen molar-refractivity contribution >= 4 is 17.9 Å². The second kappa shape index (κ2) is 55.4. The molecule has 0 bridgehead atoms. The van der Waals surface area contributed by atoms with E-state index in [2.05, 4.69) is 130 Å². The minimum absolute atomic E-state index is 0.0944. The van der Waals surface area contributed by atoms with Crippen molar-refractivity contribution < 1.29 is 28.6 Å². The van der Waals surface area contributed by atoms with E-state index in [1.807, 2.05) is 6.08 Å². The molecule has 0 aliphatic heterocycles. The molecule has 0 aromatic heterocycles. The minimum atomic E-state index is -0.831. The molecular formula is C62H100O6. The van der Waals surface area contributed by atoms with E-state index in [9.17, 15) is 14.4 Å². The van der Waals surface area contributed by atoms with Crippen LogP contribution in [0, 0.1) is 0 Å². The summed E-state index contributed by atoms with van der Waals surface area (Å²) in [5.74, 6) is -1.07. The van der Waals surface area contributed by atoms with Gasteiger partial charge in [-0.2, -0.15) is 0 Å². The van der Waals surface area contributed by atoms with E-state index < -0.39 is 12.1 Å². The highest BCUT2D eigenvalue weighted by Crippen LogP contribution is 2.15. The summed E-state index contributed by atoms with van der Waals surface area (Å²) < 4.78 is 16.6. The zero-order chi connectivity index (χ0) is 49.3. The minimum Gasteiger partial charge on any atom is -0.462 e. The molecule has 0 aromatic rings. The van der Waals surface area contributed by atoms with E-state index in [-0.39, 0.29) is 31.6 Å². The molecule has 0 heterocycles. The summed E-state index contributed by atoms with van der Waals surface area (Å²) in [4.78, 5) is 37.7. The van der Waals surface area contributed by atoms with Crippen LogP contribution >= 0.6 is 0 Å². The first kappa shape index (κ1) is 63.8. The van der Waals surface area contributed by atoms with E-state index in [1.165, 1.54) is 89.9 Å². The predicted octanol–water partition coefficient (Wildman–Crippen LogP) is 18.5. The van der Waals surface area contributed by atoms with Crippen molar-refractivity contribution in [3.05, 3.63) is 122 Å². The zero-order valence-electron chi connectivity index (χ0n) is 43.8. The van der Waals surface area contributed by atoms with Crippen LogP contribution < -0.4 is 0 Å². The number of esters is 3. The number of ether oxygens (including phenoxy) is 3. The molecule has 0 aromatic carbocycles. The SMILES string of the molecule is CC/C=C\C/C=C\C/C=C\C/C=C\C/C=C\CCCCCCCCCCCCCCCC(=O)OCC(COC(=O)CCCCCCCC)OC(=O)C/C=C\C/C=C\C/C=C\C/C=C\C/C=C\CC. The molecule has 68 heavy (non-hydrogen) atoms. The van der Waals surface area contributed by atoms with Gasteiger partial charge in [-0.1, -0.05) is 245 Å². The number of unbranched alkanes of at least 4 members (excludes halogenated alkanes) is 18. The van der Waals surface area contributed by atoms with Gasteiger partial charge in [-0.15, -0.1) is 0 Å². The summed E-state index contributed by atoms with van der Waals surface area (Å²) in [6.45, 7) is 6.25. The van der Waals surface area contributed by atoms with Crippen LogP contribution in [0.2, 0.25) is 0 Å². The monoisotopic (exact) mass is 941 g/mol. The average molecular weight is 941 g/mol. The molecule has 0 amide bonds. The van der Waals surface area contributed by atoms with E-state index in [0.717, 1.165) is 103 Å². The molecule has 0 aliphatic rings. The highest BCUT2D eigenvalue weighted by molar-refractivity contribution is 5.72. The number of hydrogen-bond acceptors (Lipinski definition) is 6. The zero-order valence-corrected chi connectivity index (χ0v) is 43.8. The summed E-state index contributed by atoms with van der Waals surface area (Å²) in [7, 11) is 0. The Bertz CT molecular complexity index is 1450. The van der Waals surface area contributed by atoms with E-state index in [1.54, 1.807) is 6.08 Å². The Balaban J connectivity index is 4.16. The molecule has 1 unspecified atom stereocenters. The van der Waals surface area contributed by atoms with Crippen LogP contribution in [0.5, 0.6) is 0 Å². The number of rotatable bonds is 48. The van der Waals surface area contributed by atoms with Crippen molar-refractivity contribution in [3.63, 3.8) is 0 Å². The third-order valence-electron chi connectivity index (χ3n) is 11.2. The van der Waals surface area contributed by atoms with E-state index in [4.69, 9.17) is 14.2 Å². The van der Waals surface area contributed by atoms with Crippen LogP contribution in [0.3, 0.4) is 0 Å². The lowest BCUT2D eigenvalue weighted by Gasteiger charge is -2.18. The Hall–Kier alpha value is -4.19. The molecule has 0 fully saturated rings. The van der Waals surface area contributed by atoms with Gasteiger partial charge < -0.3 is 14.2 Å². The Kier molecular flexibility index (Phi) is 52.0. The molecule has 0 saturated carbocycles. The lowest BCUT2D eigenvalue weighted by molar-refractivity contribution is -0.166. The first-order valence-electron chi connectivity index (χ1n) is 27.5. The van der Waals surface area contributed by atoms with E-state index in [0.29, 0.717) is 12.8 Å². The molecule has 0 radical (unpaired) electrons. The number of hydrogen-bond donors (Lipinski definition) is 0. The van der Waals surface area contributed by atoms with Crippen LogP contribution in [0.15, 0.2) is 122 Å². The first-order valence-corrected chi connectivity index (χ1v) is 27.5. The lowest BCUT2D eigenvalue weighted by Crippen LogP contribution is -2.30. The third-order valence-corrected chi connectivity index (χ3v) is 11.2. The van der Waals surface area contributed by atoms with Gasteiger partial charge in [-0.05, 0) is 89.9 Å². The van der Waals surface area contributed by atoms with Gasteiger partial charge in [0.25, 0.3) is 0 Å². The standard InChI is InChI=1S/C62H100O6/c1-4-7-10-13-16-18-20-22-24-25-26-27-28-29-30-31-32-33-34-35-36-37-39-40-42-44-46-49-52-55-61(64)67-58-59(57-66-60(63)54-51-48-15-12-9-6-3)68-62(65)56-53-50-47-45-43-41-38-23-21-19-17-14-11-8-5-2/h7-8,10-11,16-19,22-24,26-27,29-30,38,43,45,50,53,59H,4-6,9,12-15,20-21,25,28,31-37,39-42,44,46-49,51-52,54-58H2,1-3H3/b10-7-,11-8-,18-16-,19-17-,24-22-,27-26-,30-29-,38-23-,45-43-,53-50-. The van der Waals surface area contributed by atoms with Gasteiger partial charge in [-0.25, -0.2) is 0 Å². The Labute approximate surface area is 418 Å². The van der Waals surface area contributed by atoms with Crippen molar-refractivity contribution in [2.75, 3.05) is 13.2 Å². The molecule has 6 heteroatoms. The van der Waals surface area contributed by atoms with Crippen LogP contribution in [-0.2, 0) is 28.6 Å². The molecular weight excluding hydrogens is 841 g/mol. The van der Waals surface area contributed by atoms with Crippen LogP contribution in [0.4, 0.5) is 0 Å². The van der Waals surface area contributed by atoms with Gasteiger partial charge in [0, 0.05) is 12.8 Å². The van der Waals surface area contributed by atoms with Crippen molar-refractivity contribution in [2.45, 2.75) is 239 Å². The second-order valence-corrected chi connectivity index (χ2v) is 17.8. The molecule has 0 rings (SSSR count). The molecule has 0 aliphatic carbocycles. The van der Waals surface area contributed by atoms with E-state index >= 15 is 0 Å². The first-order chi connectivity index (χ1) is 33.5. The normalized spacial score (nSPS) is 13.0. The van der Waals surface area contributed by atoms with Gasteiger partial charge in [0.05, 0.1) is 6.42 Å². The quantitative estimate of drug-likeness (QED) is 0.0262. The maximum atomic E-state index is 12.7. The predicted molar refractivity (Wildman–Crippen MR) is 293 cm³/mol.